The lowest BCUT2D eigenvalue weighted by molar-refractivity contribution is -0.120. The Morgan fingerprint density at radius 2 is 1.49 bits per heavy atom. The van der Waals surface area contributed by atoms with E-state index in [2.05, 4.69) is 27.7 Å². The van der Waals surface area contributed by atoms with Gasteiger partial charge in [0.1, 0.15) is 17.6 Å². The Kier molecular flexibility index (Phi) is 7.19. The third kappa shape index (κ3) is 5.26. The summed E-state index contributed by atoms with van der Waals surface area (Å²) in [5, 5.41) is 30.0. The molecular weight excluding hydrogens is 500 g/mol. The van der Waals surface area contributed by atoms with Crippen LogP contribution in [0.4, 0.5) is 0 Å². The van der Waals surface area contributed by atoms with Crippen molar-refractivity contribution in [3.8, 4) is 11.5 Å². The number of hydrogen-bond acceptors (Lipinski definition) is 8. The lowest BCUT2D eigenvalue weighted by Crippen LogP contribution is -2.46. The van der Waals surface area contributed by atoms with E-state index in [0.717, 1.165) is 5.56 Å². The Hall–Kier alpha value is -2.68. The quantitative estimate of drug-likeness (QED) is 0.513. The van der Waals surface area contributed by atoms with Gasteiger partial charge >= 0.3 is 0 Å². The molecule has 4 atom stereocenters. The van der Waals surface area contributed by atoms with E-state index in [1.807, 2.05) is 12.1 Å². The van der Waals surface area contributed by atoms with Gasteiger partial charge in [0.15, 0.2) is 23.1 Å². The van der Waals surface area contributed by atoms with Gasteiger partial charge in [0.25, 0.3) is 0 Å². The molecule has 0 aromatic heterocycles. The van der Waals surface area contributed by atoms with Crippen LogP contribution in [0, 0.1) is 16.7 Å². The zero-order valence-electron chi connectivity index (χ0n) is 23.5. The fraction of sp³-hybridized carbons (Fsp3) is 0.613. The first-order valence-electron chi connectivity index (χ1n) is 13.8. The predicted molar refractivity (Wildman–Crippen MR) is 143 cm³/mol. The van der Waals surface area contributed by atoms with E-state index in [0.29, 0.717) is 66.3 Å². The molecule has 1 saturated carbocycles. The van der Waals surface area contributed by atoms with Crippen LogP contribution in [-0.4, -0.2) is 58.9 Å². The van der Waals surface area contributed by atoms with Gasteiger partial charge in [-0.05, 0) is 34.9 Å². The molecule has 1 aromatic rings. The normalized spacial score (nSPS) is 30.5. The first kappa shape index (κ1) is 27.9. The Labute approximate surface area is 229 Å². The maximum atomic E-state index is 13.5. The second-order valence-electron chi connectivity index (χ2n) is 13.2. The standard InChI is InChI=1S/C31H40O8/c1-30(2)11-20(34)27-24(13-30)39-25-14-31(3,4)12-21(35)28(25)26(27)16-6-7-22(23(9-16)37-5)38-18-8-17(15-32)29(36)19(33)10-18/h6-7,9,17-19,26,29,32-33,36H,8,10-15H2,1-5H3/t17?,18-,19?,29?/m1/s1. The number of ketones is 2. The van der Waals surface area contributed by atoms with Gasteiger partial charge in [0.2, 0.25) is 0 Å². The summed E-state index contributed by atoms with van der Waals surface area (Å²) in [6.07, 6.45) is 0.219. The van der Waals surface area contributed by atoms with Gasteiger partial charge in [-0.25, -0.2) is 0 Å². The Morgan fingerprint density at radius 1 is 0.897 bits per heavy atom. The molecule has 0 radical (unpaired) electrons. The van der Waals surface area contributed by atoms with Gasteiger partial charge in [0, 0.05) is 61.7 Å². The molecule has 5 rings (SSSR count). The summed E-state index contributed by atoms with van der Waals surface area (Å²) in [7, 11) is 1.53. The van der Waals surface area contributed by atoms with Crippen molar-refractivity contribution in [3.05, 3.63) is 46.4 Å². The second-order valence-corrected chi connectivity index (χ2v) is 13.2. The smallest absolute Gasteiger partial charge is 0.163 e. The number of allylic oxidation sites excluding steroid dienone is 4. The van der Waals surface area contributed by atoms with E-state index < -0.39 is 30.1 Å². The number of aliphatic hydroxyl groups excluding tert-OH is 3. The highest BCUT2D eigenvalue weighted by Crippen LogP contribution is 2.54. The van der Waals surface area contributed by atoms with Crippen molar-refractivity contribution in [1.29, 1.82) is 0 Å². The van der Waals surface area contributed by atoms with Gasteiger partial charge in [-0.1, -0.05) is 33.8 Å². The summed E-state index contributed by atoms with van der Waals surface area (Å²) >= 11 is 0. The highest BCUT2D eigenvalue weighted by molar-refractivity contribution is 6.06. The molecule has 1 aliphatic heterocycles. The number of carbonyl (C=O) groups is 2. The first-order valence-corrected chi connectivity index (χ1v) is 13.8. The second kappa shape index (κ2) is 10.1. The highest BCUT2D eigenvalue weighted by atomic mass is 16.5. The average Bonchev–Trinajstić information content (AvgIpc) is 2.83. The van der Waals surface area contributed by atoms with Gasteiger partial charge in [-0.15, -0.1) is 0 Å². The lowest BCUT2D eigenvalue weighted by atomic mass is 9.65. The summed E-state index contributed by atoms with van der Waals surface area (Å²) in [6.45, 7) is 7.99. The zero-order valence-corrected chi connectivity index (χ0v) is 23.5. The van der Waals surface area contributed by atoms with Crippen molar-refractivity contribution in [2.24, 2.45) is 16.7 Å². The van der Waals surface area contributed by atoms with Gasteiger partial charge < -0.3 is 29.5 Å². The van der Waals surface area contributed by atoms with Crippen molar-refractivity contribution in [2.45, 2.75) is 90.4 Å². The number of aliphatic hydroxyl groups is 3. The van der Waals surface area contributed by atoms with Crippen molar-refractivity contribution in [3.63, 3.8) is 0 Å². The number of ether oxygens (including phenoxy) is 3. The van der Waals surface area contributed by atoms with E-state index in [1.165, 1.54) is 7.11 Å². The maximum absolute atomic E-state index is 13.5. The molecule has 3 aliphatic carbocycles. The third-order valence-electron chi connectivity index (χ3n) is 8.58. The van der Waals surface area contributed by atoms with Crippen LogP contribution >= 0.6 is 0 Å². The molecule has 4 aliphatic rings. The fourth-order valence-corrected chi connectivity index (χ4v) is 6.72. The highest BCUT2D eigenvalue weighted by Gasteiger charge is 2.48. The molecule has 39 heavy (non-hydrogen) atoms. The molecule has 0 saturated heterocycles. The van der Waals surface area contributed by atoms with Crippen LogP contribution < -0.4 is 9.47 Å². The fourth-order valence-electron chi connectivity index (χ4n) is 6.72. The molecule has 0 bridgehead atoms. The van der Waals surface area contributed by atoms with Crippen molar-refractivity contribution >= 4 is 11.6 Å². The lowest BCUT2D eigenvalue weighted by Gasteiger charge is -2.42. The van der Waals surface area contributed by atoms with Crippen molar-refractivity contribution < 1.29 is 39.1 Å². The van der Waals surface area contributed by atoms with Crippen LogP contribution in [0.3, 0.4) is 0 Å². The maximum Gasteiger partial charge on any atom is 0.163 e. The van der Waals surface area contributed by atoms with Crippen molar-refractivity contribution in [2.75, 3.05) is 13.7 Å². The minimum absolute atomic E-state index is 0.000441. The Morgan fingerprint density at radius 3 is 2.03 bits per heavy atom. The molecule has 3 N–H and O–H groups in total. The molecule has 8 nitrogen and oxygen atoms in total. The van der Waals surface area contributed by atoms with Crippen LogP contribution in [0.5, 0.6) is 11.5 Å². The number of Topliss-reactive ketones (excluding diaryl/α,β-unsaturated/α-hetero) is 2. The molecule has 1 aromatic carbocycles. The summed E-state index contributed by atoms with van der Waals surface area (Å²) in [4.78, 5) is 27.1. The summed E-state index contributed by atoms with van der Waals surface area (Å²) in [5.74, 6) is 1.20. The number of carbonyl (C=O) groups excluding carboxylic acids is 2. The molecular formula is C31H40O8. The molecule has 0 amide bonds. The van der Waals surface area contributed by atoms with E-state index in [-0.39, 0.29) is 35.4 Å². The van der Waals surface area contributed by atoms with Crippen LogP contribution in [0.2, 0.25) is 0 Å². The molecule has 212 valence electrons. The van der Waals surface area contributed by atoms with Crippen LogP contribution in [0.15, 0.2) is 40.9 Å². The number of hydrogen-bond donors (Lipinski definition) is 3. The van der Waals surface area contributed by atoms with Gasteiger partial charge in [-0.3, -0.25) is 9.59 Å². The SMILES string of the molecule is COc1cc(C2C3=C(CC(C)(C)CC3=O)OC3=C2C(=O)CC(C)(C)C3)ccc1O[C@H]1CC(O)C(O)C(CO)C1. The van der Waals surface area contributed by atoms with E-state index in [9.17, 15) is 24.9 Å². The largest absolute Gasteiger partial charge is 0.493 e. The monoisotopic (exact) mass is 540 g/mol. The molecule has 3 unspecified atom stereocenters. The molecule has 8 heteroatoms. The Balaban J connectivity index is 1.53. The van der Waals surface area contributed by atoms with E-state index in [1.54, 1.807) is 6.07 Å². The minimum atomic E-state index is -0.993. The van der Waals surface area contributed by atoms with Crippen molar-refractivity contribution in [1.82, 2.24) is 0 Å². The molecule has 0 spiro atoms. The average molecular weight is 541 g/mol. The molecule has 1 fully saturated rings. The number of methoxy groups -OCH3 is 1. The van der Waals surface area contributed by atoms with Crippen LogP contribution in [0.1, 0.15) is 77.7 Å². The number of benzene rings is 1. The van der Waals surface area contributed by atoms with Gasteiger partial charge in [0.05, 0.1) is 19.3 Å². The zero-order chi connectivity index (χ0) is 28.3. The summed E-state index contributed by atoms with van der Waals surface area (Å²) < 4.78 is 18.3. The van der Waals surface area contributed by atoms with E-state index >= 15 is 0 Å². The first-order chi connectivity index (χ1) is 18.3. The topological polar surface area (TPSA) is 123 Å². The predicted octanol–water partition coefficient (Wildman–Crippen LogP) is 3.97. The van der Waals surface area contributed by atoms with Crippen LogP contribution in [-0.2, 0) is 14.3 Å². The van der Waals surface area contributed by atoms with E-state index in [4.69, 9.17) is 14.2 Å². The summed E-state index contributed by atoms with van der Waals surface area (Å²) in [5.41, 5.74) is 1.43. The van der Waals surface area contributed by atoms with Gasteiger partial charge in [-0.2, -0.15) is 0 Å². The molecule has 1 heterocycles. The summed E-state index contributed by atoms with van der Waals surface area (Å²) in [6, 6.07) is 5.45. The minimum Gasteiger partial charge on any atom is -0.493 e. The number of rotatable bonds is 5. The Bertz CT molecular complexity index is 1190. The third-order valence-corrected chi connectivity index (χ3v) is 8.58. The van der Waals surface area contributed by atoms with Crippen LogP contribution in [0.25, 0.3) is 0 Å².